The summed E-state index contributed by atoms with van der Waals surface area (Å²) in [4.78, 5) is 17.2. The maximum Gasteiger partial charge on any atom is 0.280 e. The van der Waals surface area contributed by atoms with Crippen molar-refractivity contribution in [3.05, 3.63) is 40.7 Å². The van der Waals surface area contributed by atoms with Crippen LogP contribution in [0.4, 0.5) is 8.78 Å². The van der Waals surface area contributed by atoms with Gasteiger partial charge in [0.25, 0.3) is 11.8 Å². The molecule has 2 aromatic heterocycles. The third-order valence-corrected chi connectivity index (χ3v) is 6.92. The van der Waals surface area contributed by atoms with Crippen LogP contribution in [0.2, 0.25) is 0 Å². The van der Waals surface area contributed by atoms with Crippen LogP contribution in [-0.4, -0.2) is 37.9 Å². The van der Waals surface area contributed by atoms with Gasteiger partial charge in [-0.15, -0.1) is 0 Å². The molecule has 0 aliphatic heterocycles. The number of fused-ring (bicyclic) bond motifs is 3. The molecule has 2 fully saturated rings. The Hall–Kier alpha value is -2.62. The Morgan fingerprint density at radius 1 is 1.33 bits per heavy atom. The first-order valence-corrected chi connectivity index (χ1v) is 10.4. The van der Waals surface area contributed by atoms with E-state index in [1.807, 2.05) is 0 Å². The average molecular weight is 419 g/mol. The first-order chi connectivity index (χ1) is 14.4. The fourth-order valence-electron chi connectivity index (χ4n) is 5.49. The Morgan fingerprint density at radius 2 is 2.10 bits per heavy atom. The van der Waals surface area contributed by atoms with Crippen molar-refractivity contribution < 1.29 is 23.4 Å². The highest BCUT2D eigenvalue weighted by Crippen LogP contribution is 2.60. The number of carbonyl (C=O) groups is 1. The lowest BCUT2D eigenvalue weighted by molar-refractivity contribution is -0.605. The van der Waals surface area contributed by atoms with Crippen molar-refractivity contribution in [2.45, 2.75) is 62.3 Å². The fraction of sp³-hybridized carbons (Fsp3) is 0.600. The summed E-state index contributed by atoms with van der Waals surface area (Å²) in [6, 6.07) is 0. The number of nitrogens with zero attached hydrogens (tertiary/aromatic N) is 4. The normalized spacial score (nSPS) is 25.8. The monoisotopic (exact) mass is 419 g/mol. The first-order valence-electron chi connectivity index (χ1n) is 10.4. The van der Waals surface area contributed by atoms with Crippen LogP contribution in [0.1, 0.15) is 72.6 Å². The molecule has 2 atom stereocenters. The highest BCUT2D eigenvalue weighted by atomic mass is 19.3. The highest BCUT2D eigenvalue weighted by Gasteiger charge is 2.60. The summed E-state index contributed by atoms with van der Waals surface area (Å²) in [5, 5.41) is 28.6. The summed E-state index contributed by atoms with van der Waals surface area (Å²) in [5.41, 5.74) is -1.23. The minimum Gasteiger partial charge on any atom is -0.619 e. The van der Waals surface area contributed by atoms with E-state index in [1.165, 1.54) is 17.1 Å². The first kappa shape index (κ1) is 19.3. The average Bonchev–Trinajstić information content (AvgIpc) is 3.47. The third kappa shape index (κ3) is 2.73. The van der Waals surface area contributed by atoms with Gasteiger partial charge in [0.1, 0.15) is 0 Å². The van der Waals surface area contributed by atoms with Gasteiger partial charge in [-0.25, -0.2) is 18.4 Å². The van der Waals surface area contributed by atoms with Gasteiger partial charge in [0, 0.05) is 11.8 Å². The Bertz CT molecular complexity index is 1000. The largest absolute Gasteiger partial charge is 0.619 e. The number of alkyl halides is 2. The molecule has 3 aliphatic rings. The predicted octanol–water partition coefficient (Wildman–Crippen LogP) is 1.92. The van der Waals surface area contributed by atoms with E-state index in [1.54, 1.807) is 0 Å². The second-order valence-electron chi connectivity index (χ2n) is 8.66. The van der Waals surface area contributed by atoms with Gasteiger partial charge in [-0.3, -0.25) is 4.79 Å². The molecule has 2 N–H and O–H groups in total. The maximum absolute atomic E-state index is 15.4. The number of hydrogen-bond donors (Lipinski definition) is 2. The summed E-state index contributed by atoms with van der Waals surface area (Å²) in [5.74, 6) is -5.13. The topological polar surface area (TPSA) is 107 Å². The smallest absolute Gasteiger partial charge is 0.280 e. The molecule has 0 bridgehead atoms. The standard InChI is InChI=1S/C20H23F2N5O3/c21-20(22)13-5-3-4-12(13)17-15(20)16(18(29)24-19(11-28)6-1-2-7-19)25-27(17)14-10-26(30)9-8-23-14/h8-10,12-13,28H,1-7,11H2,(H,24,29). The number of carbonyl (C=O) groups excluding carboxylic acids is 1. The highest BCUT2D eigenvalue weighted by molar-refractivity contribution is 5.95. The van der Waals surface area contributed by atoms with E-state index in [-0.39, 0.29) is 29.4 Å². The molecule has 0 aromatic carbocycles. The number of rotatable bonds is 4. The molecule has 2 saturated carbocycles. The molecular formula is C20H23F2N5O3. The summed E-state index contributed by atoms with van der Waals surface area (Å²) >= 11 is 0. The van der Waals surface area contributed by atoms with Crippen LogP contribution in [0.25, 0.3) is 5.82 Å². The Kier molecular flexibility index (Phi) is 4.32. The van der Waals surface area contributed by atoms with E-state index in [9.17, 15) is 15.1 Å². The summed E-state index contributed by atoms with van der Waals surface area (Å²) in [7, 11) is 0. The summed E-state index contributed by atoms with van der Waals surface area (Å²) in [6.07, 6.45) is 8.13. The second kappa shape index (κ2) is 6.69. The van der Waals surface area contributed by atoms with Gasteiger partial charge in [0.05, 0.1) is 29.6 Å². The van der Waals surface area contributed by atoms with Crippen molar-refractivity contribution in [1.82, 2.24) is 20.1 Å². The molecule has 2 heterocycles. The number of aliphatic hydroxyl groups excluding tert-OH is 1. The molecule has 0 spiro atoms. The molecule has 8 nitrogen and oxygen atoms in total. The van der Waals surface area contributed by atoms with E-state index in [0.717, 1.165) is 19.0 Å². The molecule has 160 valence electrons. The molecule has 2 aromatic rings. The lowest BCUT2D eigenvalue weighted by atomic mass is 9.96. The zero-order valence-corrected chi connectivity index (χ0v) is 16.4. The number of amides is 1. The van der Waals surface area contributed by atoms with Crippen LogP contribution in [-0.2, 0) is 5.92 Å². The fourth-order valence-corrected chi connectivity index (χ4v) is 5.49. The van der Waals surface area contributed by atoms with Gasteiger partial charge in [0.2, 0.25) is 12.0 Å². The van der Waals surface area contributed by atoms with Crippen LogP contribution in [0.5, 0.6) is 0 Å². The molecule has 10 heteroatoms. The molecular weight excluding hydrogens is 396 g/mol. The molecule has 5 rings (SSSR count). The maximum atomic E-state index is 15.4. The van der Waals surface area contributed by atoms with Crippen LogP contribution >= 0.6 is 0 Å². The Labute approximate surface area is 171 Å². The van der Waals surface area contributed by atoms with Gasteiger partial charge in [0.15, 0.2) is 11.9 Å². The number of halogens is 2. The van der Waals surface area contributed by atoms with Crippen LogP contribution in [0.3, 0.4) is 0 Å². The minimum atomic E-state index is -3.19. The van der Waals surface area contributed by atoms with E-state index in [0.29, 0.717) is 36.8 Å². The molecule has 0 radical (unpaired) electrons. The molecule has 30 heavy (non-hydrogen) atoms. The van der Waals surface area contributed by atoms with Gasteiger partial charge in [-0.2, -0.15) is 9.83 Å². The Morgan fingerprint density at radius 3 is 2.80 bits per heavy atom. The van der Waals surface area contributed by atoms with Crippen LogP contribution < -0.4 is 10.0 Å². The van der Waals surface area contributed by atoms with Crippen LogP contribution in [0.15, 0.2) is 18.6 Å². The van der Waals surface area contributed by atoms with E-state index in [4.69, 9.17) is 0 Å². The van der Waals surface area contributed by atoms with Crippen LogP contribution in [0, 0.1) is 11.1 Å². The molecule has 0 saturated heterocycles. The molecule has 2 unspecified atom stereocenters. The van der Waals surface area contributed by atoms with E-state index >= 15 is 8.78 Å². The van der Waals surface area contributed by atoms with Crippen molar-refractivity contribution in [2.24, 2.45) is 5.92 Å². The summed E-state index contributed by atoms with van der Waals surface area (Å²) in [6.45, 7) is -0.250. The zero-order chi connectivity index (χ0) is 21.1. The third-order valence-electron chi connectivity index (χ3n) is 6.92. The second-order valence-corrected chi connectivity index (χ2v) is 8.66. The predicted molar refractivity (Wildman–Crippen MR) is 100 cm³/mol. The number of aliphatic hydroxyl groups is 1. The Balaban J connectivity index is 1.64. The number of hydrogen-bond acceptors (Lipinski definition) is 5. The van der Waals surface area contributed by atoms with Gasteiger partial charge >= 0.3 is 0 Å². The van der Waals surface area contributed by atoms with Gasteiger partial charge in [-0.1, -0.05) is 19.3 Å². The zero-order valence-electron chi connectivity index (χ0n) is 16.4. The molecule has 1 amide bonds. The lowest BCUT2D eigenvalue weighted by Gasteiger charge is -2.28. The summed E-state index contributed by atoms with van der Waals surface area (Å²) < 4.78 is 32.6. The minimum absolute atomic E-state index is 0.101. The van der Waals surface area contributed by atoms with Crippen molar-refractivity contribution in [3.63, 3.8) is 0 Å². The SMILES string of the molecule is O=C(NC1(CO)CCCC1)c1nn(-c2c[n+]([O-])ccn2)c2c1C(F)(F)C1CCCC21. The van der Waals surface area contributed by atoms with E-state index < -0.39 is 29.2 Å². The van der Waals surface area contributed by atoms with Crippen molar-refractivity contribution in [3.8, 4) is 5.82 Å². The number of aromatic nitrogens is 4. The van der Waals surface area contributed by atoms with E-state index in [2.05, 4.69) is 15.4 Å². The van der Waals surface area contributed by atoms with Crippen molar-refractivity contribution in [2.75, 3.05) is 6.61 Å². The van der Waals surface area contributed by atoms with Crippen molar-refractivity contribution >= 4 is 5.91 Å². The quantitative estimate of drug-likeness (QED) is 0.582. The number of nitrogens with one attached hydrogen (secondary N) is 1. The molecule has 3 aliphatic carbocycles. The van der Waals surface area contributed by atoms with Gasteiger partial charge in [-0.05, 0) is 25.7 Å². The van der Waals surface area contributed by atoms with Gasteiger partial charge < -0.3 is 15.6 Å². The lowest BCUT2D eigenvalue weighted by Crippen LogP contribution is -2.49. The van der Waals surface area contributed by atoms with Crippen molar-refractivity contribution in [1.29, 1.82) is 0 Å².